The minimum atomic E-state index is -0.196. The van der Waals surface area contributed by atoms with Crippen LogP contribution < -0.4 is 10.6 Å². The quantitative estimate of drug-likeness (QED) is 0.370. The molecule has 1 fully saturated rings. The first-order valence-corrected chi connectivity index (χ1v) is 9.22. The molecule has 1 atom stereocenters. The fraction of sp³-hybridized carbons (Fsp3) is 0.471. The van der Waals surface area contributed by atoms with E-state index in [1.54, 1.807) is 19.2 Å². The number of aliphatic imine (C=N–C) groups is 1. The highest BCUT2D eigenvalue weighted by atomic mass is 127. The Morgan fingerprint density at radius 1 is 1.46 bits per heavy atom. The zero-order chi connectivity index (χ0) is 16.1. The van der Waals surface area contributed by atoms with Crippen LogP contribution in [0.25, 0.3) is 10.9 Å². The molecule has 1 unspecified atom stereocenters. The lowest BCUT2D eigenvalue weighted by Gasteiger charge is -2.24. The van der Waals surface area contributed by atoms with Crippen LogP contribution in [0.3, 0.4) is 0 Å². The molecule has 3 N–H and O–H groups in total. The van der Waals surface area contributed by atoms with Gasteiger partial charge in [-0.1, -0.05) is 0 Å². The highest BCUT2D eigenvalue weighted by Gasteiger charge is 2.14. The van der Waals surface area contributed by atoms with Gasteiger partial charge in [0.05, 0.1) is 0 Å². The number of H-pyrrole nitrogens is 1. The summed E-state index contributed by atoms with van der Waals surface area (Å²) in [7, 11) is 1.80. The van der Waals surface area contributed by atoms with Crippen molar-refractivity contribution >= 4 is 52.6 Å². The Labute approximate surface area is 163 Å². The standard InChI is InChI=1S/C17H23FN4S.HI/c1-19-17(22-14-3-2-8-23-11-14)20-7-6-12-10-21-16-5-4-13(18)9-15(12)16;/h4-5,9-10,14,21H,2-3,6-8,11H2,1H3,(H2,19,20,22);1H. The van der Waals surface area contributed by atoms with Crippen molar-refractivity contribution < 1.29 is 4.39 Å². The average molecular weight is 462 g/mol. The molecule has 132 valence electrons. The number of aromatic nitrogens is 1. The number of halogens is 2. The van der Waals surface area contributed by atoms with Crippen molar-refractivity contribution in [2.75, 3.05) is 25.1 Å². The Bertz CT molecular complexity index is 682. The molecule has 3 rings (SSSR count). The van der Waals surface area contributed by atoms with Gasteiger partial charge in [0.25, 0.3) is 0 Å². The van der Waals surface area contributed by atoms with E-state index >= 15 is 0 Å². The van der Waals surface area contributed by atoms with E-state index in [4.69, 9.17) is 0 Å². The second-order valence-electron chi connectivity index (χ2n) is 5.81. The van der Waals surface area contributed by atoms with E-state index in [1.807, 2.05) is 18.0 Å². The van der Waals surface area contributed by atoms with E-state index in [2.05, 4.69) is 20.6 Å². The normalized spacial score (nSPS) is 18.2. The highest BCUT2D eigenvalue weighted by molar-refractivity contribution is 14.0. The Morgan fingerprint density at radius 2 is 2.33 bits per heavy atom. The van der Waals surface area contributed by atoms with E-state index in [0.29, 0.717) is 6.04 Å². The third-order valence-electron chi connectivity index (χ3n) is 4.14. The minimum absolute atomic E-state index is 0. The number of hydrogen-bond acceptors (Lipinski definition) is 2. The molecular formula is C17H24FIN4S. The summed E-state index contributed by atoms with van der Waals surface area (Å²) in [5.74, 6) is 3.06. The molecule has 1 aromatic heterocycles. The van der Waals surface area contributed by atoms with Crippen molar-refractivity contribution in [1.82, 2.24) is 15.6 Å². The van der Waals surface area contributed by atoms with Crippen LogP contribution in [0.4, 0.5) is 4.39 Å². The van der Waals surface area contributed by atoms with Crippen LogP contribution in [0.2, 0.25) is 0 Å². The van der Waals surface area contributed by atoms with Crippen LogP contribution in [0.1, 0.15) is 18.4 Å². The van der Waals surface area contributed by atoms with Gasteiger partial charge in [0.1, 0.15) is 5.82 Å². The molecule has 0 aliphatic carbocycles. The van der Waals surface area contributed by atoms with Gasteiger partial charge in [-0.2, -0.15) is 11.8 Å². The highest BCUT2D eigenvalue weighted by Crippen LogP contribution is 2.19. The Hall–Kier alpha value is -0.960. The molecule has 1 saturated heterocycles. The molecule has 0 radical (unpaired) electrons. The Kier molecular flexibility index (Phi) is 7.67. The second kappa shape index (κ2) is 9.50. The number of aromatic amines is 1. The number of thioether (sulfide) groups is 1. The fourth-order valence-electron chi connectivity index (χ4n) is 2.92. The Morgan fingerprint density at radius 3 is 3.08 bits per heavy atom. The minimum Gasteiger partial charge on any atom is -0.361 e. The molecule has 4 nitrogen and oxygen atoms in total. The van der Waals surface area contributed by atoms with Gasteiger partial charge >= 0.3 is 0 Å². The molecular weight excluding hydrogens is 438 g/mol. The first-order valence-electron chi connectivity index (χ1n) is 8.06. The molecule has 2 heterocycles. The lowest BCUT2D eigenvalue weighted by molar-refractivity contribution is 0.582. The maximum atomic E-state index is 13.4. The number of fused-ring (bicyclic) bond motifs is 1. The summed E-state index contributed by atoms with van der Waals surface area (Å²) >= 11 is 2.00. The predicted octanol–water partition coefficient (Wildman–Crippen LogP) is 3.53. The number of guanidine groups is 1. The van der Waals surface area contributed by atoms with Crippen LogP contribution in [0.15, 0.2) is 29.4 Å². The largest absolute Gasteiger partial charge is 0.361 e. The zero-order valence-electron chi connectivity index (χ0n) is 13.8. The van der Waals surface area contributed by atoms with Crippen LogP contribution in [-0.2, 0) is 6.42 Å². The monoisotopic (exact) mass is 462 g/mol. The third kappa shape index (κ3) is 5.02. The number of hydrogen-bond donors (Lipinski definition) is 3. The summed E-state index contributed by atoms with van der Waals surface area (Å²) in [4.78, 5) is 7.48. The predicted molar refractivity (Wildman–Crippen MR) is 112 cm³/mol. The van der Waals surface area contributed by atoms with Crippen LogP contribution in [0, 0.1) is 5.82 Å². The van der Waals surface area contributed by atoms with Crippen molar-refractivity contribution in [2.24, 2.45) is 4.99 Å². The third-order valence-corrected chi connectivity index (χ3v) is 5.36. The van der Waals surface area contributed by atoms with Gasteiger partial charge in [-0.3, -0.25) is 4.99 Å². The van der Waals surface area contributed by atoms with Gasteiger partial charge in [-0.05, 0) is 48.8 Å². The van der Waals surface area contributed by atoms with E-state index in [-0.39, 0.29) is 29.8 Å². The van der Waals surface area contributed by atoms with Crippen molar-refractivity contribution in [1.29, 1.82) is 0 Å². The SMILES string of the molecule is CN=C(NCCc1c[nH]c2ccc(F)cc12)NC1CCCSC1.I. The van der Waals surface area contributed by atoms with Gasteiger partial charge in [0.15, 0.2) is 5.96 Å². The first kappa shape index (κ1) is 19.4. The van der Waals surface area contributed by atoms with Crippen LogP contribution >= 0.6 is 35.7 Å². The lowest BCUT2D eigenvalue weighted by atomic mass is 10.1. The topological polar surface area (TPSA) is 52.2 Å². The van der Waals surface area contributed by atoms with Gasteiger partial charge in [-0.25, -0.2) is 4.39 Å². The maximum Gasteiger partial charge on any atom is 0.191 e. The number of benzene rings is 1. The summed E-state index contributed by atoms with van der Waals surface area (Å²) in [6.07, 6.45) is 5.25. The molecule has 1 aromatic carbocycles. The molecule has 7 heteroatoms. The van der Waals surface area contributed by atoms with Crippen molar-refractivity contribution in [3.63, 3.8) is 0 Å². The molecule has 1 aliphatic heterocycles. The smallest absolute Gasteiger partial charge is 0.191 e. The lowest BCUT2D eigenvalue weighted by Crippen LogP contribution is -2.46. The van der Waals surface area contributed by atoms with E-state index in [1.165, 1.54) is 24.7 Å². The molecule has 1 aliphatic rings. The van der Waals surface area contributed by atoms with Crippen LogP contribution in [0.5, 0.6) is 0 Å². The van der Waals surface area contributed by atoms with Crippen molar-refractivity contribution in [3.8, 4) is 0 Å². The summed E-state index contributed by atoms with van der Waals surface area (Å²) in [5.41, 5.74) is 2.10. The molecule has 0 saturated carbocycles. The summed E-state index contributed by atoms with van der Waals surface area (Å²) in [6.45, 7) is 0.767. The Balaban J connectivity index is 0.00000208. The van der Waals surface area contributed by atoms with Gasteiger partial charge in [0, 0.05) is 42.5 Å². The number of nitrogens with one attached hydrogen (secondary N) is 3. The van der Waals surface area contributed by atoms with Gasteiger partial charge in [-0.15, -0.1) is 24.0 Å². The maximum absolute atomic E-state index is 13.4. The molecule has 2 aromatic rings. The fourth-order valence-corrected chi connectivity index (χ4v) is 3.99. The number of nitrogens with zero attached hydrogens (tertiary/aromatic N) is 1. The van der Waals surface area contributed by atoms with Crippen molar-refractivity contribution in [3.05, 3.63) is 35.8 Å². The van der Waals surface area contributed by atoms with Crippen molar-refractivity contribution in [2.45, 2.75) is 25.3 Å². The van der Waals surface area contributed by atoms with E-state index < -0.39 is 0 Å². The summed E-state index contributed by atoms with van der Waals surface area (Å²) in [6, 6.07) is 5.35. The first-order chi connectivity index (χ1) is 11.3. The average Bonchev–Trinajstić information content (AvgIpc) is 2.97. The zero-order valence-corrected chi connectivity index (χ0v) is 16.9. The summed E-state index contributed by atoms with van der Waals surface area (Å²) < 4.78 is 13.4. The molecule has 24 heavy (non-hydrogen) atoms. The van der Waals surface area contributed by atoms with Crippen LogP contribution in [-0.4, -0.2) is 42.1 Å². The van der Waals surface area contributed by atoms with Gasteiger partial charge < -0.3 is 15.6 Å². The van der Waals surface area contributed by atoms with Gasteiger partial charge in [0.2, 0.25) is 0 Å². The summed E-state index contributed by atoms with van der Waals surface area (Å²) in [5, 5.41) is 7.80. The second-order valence-corrected chi connectivity index (χ2v) is 6.96. The number of rotatable bonds is 4. The molecule has 0 amide bonds. The molecule has 0 bridgehead atoms. The van der Waals surface area contributed by atoms with E-state index in [0.717, 1.165) is 41.1 Å². The van der Waals surface area contributed by atoms with E-state index in [9.17, 15) is 4.39 Å². The molecule has 0 spiro atoms.